The van der Waals surface area contributed by atoms with Gasteiger partial charge in [0.15, 0.2) is 5.78 Å². The molecule has 1 saturated heterocycles. The van der Waals surface area contributed by atoms with E-state index in [1.165, 1.54) is 23.5 Å². The summed E-state index contributed by atoms with van der Waals surface area (Å²) in [7, 11) is -2.47. The Bertz CT molecular complexity index is 1430. The third kappa shape index (κ3) is 5.99. The molecule has 2 aromatic carbocycles. The number of para-hydroxylation sites is 1. The number of fused-ring (bicyclic) bond motifs is 1. The summed E-state index contributed by atoms with van der Waals surface area (Å²) >= 11 is 0. The minimum absolute atomic E-state index is 0.0220. The zero-order valence-corrected chi connectivity index (χ0v) is 23.8. The lowest BCUT2D eigenvalue weighted by molar-refractivity contribution is -0.137. The van der Waals surface area contributed by atoms with E-state index in [-0.39, 0.29) is 41.1 Å². The Kier molecular flexibility index (Phi) is 9.02. The minimum atomic E-state index is -3.88. The molecule has 8 nitrogen and oxygen atoms in total. The zero-order chi connectivity index (χ0) is 28.2. The van der Waals surface area contributed by atoms with E-state index in [0.29, 0.717) is 36.2 Å². The van der Waals surface area contributed by atoms with Gasteiger partial charge >= 0.3 is 5.97 Å². The Morgan fingerprint density at radius 1 is 1.10 bits per heavy atom. The highest BCUT2D eigenvalue weighted by Crippen LogP contribution is 2.34. The summed E-state index contributed by atoms with van der Waals surface area (Å²) < 4.78 is 39.6. The fourth-order valence-corrected chi connectivity index (χ4v) is 7.15. The molecule has 9 heteroatoms. The van der Waals surface area contributed by atoms with Crippen molar-refractivity contribution < 1.29 is 27.5 Å². The summed E-state index contributed by atoms with van der Waals surface area (Å²) in [6, 6.07) is 12.0. The van der Waals surface area contributed by atoms with Gasteiger partial charge in [-0.25, -0.2) is 13.2 Å². The number of benzene rings is 2. The molecule has 39 heavy (non-hydrogen) atoms. The highest BCUT2D eigenvalue weighted by molar-refractivity contribution is 7.89. The van der Waals surface area contributed by atoms with E-state index in [1.54, 1.807) is 13.0 Å². The van der Waals surface area contributed by atoms with Gasteiger partial charge in [0, 0.05) is 24.6 Å². The number of methoxy groups -OCH3 is 1. The van der Waals surface area contributed by atoms with Crippen LogP contribution in [0.3, 0.4) is 0 Å². The molecule has 2 aromatic rings. The topological polar surface area (TPSA) is 102 Å². The molecule has 0 saturated carbocycles. The summed E-state index contributed by atoms with van der Waals surface area (Å²) in [5.74, 6) is -0.613. The van der Waals surface area contributed by atoms with Gasteiger partial charge in [-0.15, -0.1) is 0 Å². The molecule has 2 aliphatic rings. The molecule has 2 aliphatic heterocycles. The third-order valence-corrected chi connectivity index (χ3v) is 9.33. The van der Waals surface area contributed by atoms with Crippen molar-refractivity contribution in [2.75, 3.05) is 20.3 Å². The van der Waals surface area contributed by atoms with Crippen molar-refractivity contribution in [1.82, 2.24) is 4.31 Å². The summed E-state index contributed by atoms with van der Waals surface area (Å²) in [6.45, 7) is 6.17. The standard InChI is InChI=1S/C30H36N2O6S/c1-5-24-29(30(34)38-6-2)23(17-21-12-7-8-13-25(21)31-24)18-26(33)22-14-15-27(37-4)28(19-22)39(35,36)32-16-10-9-11-20(32)3/h7-8,12-15,19-20H,5-6,9-11,16-18H2,1-4H3. The van der Waals surface area contributed by atoms with Crippen molar-refractivity contribution in [1.29, 1.82) is 0 Å². The number of nitrogens with zero attached hydrogens (tertiary/aromatic N) is 2. The number of carbonyl (C=O) groups is 2. The van der Waals surface area contributed by atoms with Crippen LogP contribution in [0, 0.1) is 0 Å². The van der Waals surface area contributed by atoms with Crippen LogP contribution in [0.25, 0.3) is 0 Å². The first-order valence-corrected chi connectivity index (χ1v) is 14.9. The number of rotatable bonds is 9. The lowest BCUT2D eigenvalue weighted by atomic mass is 9.91. The lowest BCUT2D eigenvalue weighted by Gasteiger charge is -2.32. The Morgan fingerprint density at radius 2 is 1.87 bits per heavy atom. The van der Waals surface area contributed by atoms with Crippen LogP contribution in [-0.4, -0.2) is 56.5 Å². The van der Waals surface area contributed by atoms with Crippen LogP contribution < -0.4 is 4.74 Å². The molecule has 0 amide bonds. The van der Waals surface area contributed by atoms with Gasteiger partial charge in [-0.2, -0.15) is 4.31 Å². The number of esters is 1. The molecular formula is C30H36N2O6S. The van der Waals surface area contributed by atoms with Gasteiger partial charge in [0.1, 0.15) is 10.6 Å². The first kappa shape index (κ1) is 28.7. The van der Waals surface area contributed by atoms with Gasteiger partial charge in [-0.1, -0.05) is 31.5 Å². The van der Waals surface area contributed by atoms with Crippen LogP contribution in [0.4, 0.5) is 5.69 Å². The summed E-state index contributed by atoms with van der Waals surface area (Å²) in [4.78, 5) is 31.5. The number of carbonyl (C=O) groups excluding carboxylic acids is 2. The monoisotopic (exact) mass is 552 g/mol. The van der Waals surface area contributed by atoms with Gasteiger partial charge in [0.2, 0.25) is 10.0 Å². The Hall–Kier alpha value is -3.30. The number of ketones is 1. The van der Waals surface area contributed by atoms with E-state index in [9.17, 15) is 18.0 Å². The first-order valence-electron chi connectivity index (χ1n) is 13.5. The van der Waals surface area contributed by atoms with Crippen molar-refractivity contribution in [2.45, 2.75) is 70.2 Å². The molecule has 4 rings (SSSR count). The molecule has 0 N–H and O–H groups in total. The molecule has 0 radical (unpaired) electrons. The average Bonchev–Trinajstić information content (AvgIpc) is 3.09. The fourth-order valence-electron chi connectivity index (χ4n) is 5.27. The number of piperidine rings is 1. The van der Waals surface area contributed by atoms with E-state index in [1.807, 2.05) is 38.1 Å². The van der Waals surface area contributed by atoms with Crippen LogP contribution >= 0.6 is 0 Å². The first-order chi connectivity index (χ1) is 18.7. The van der Waals surface area contributed by atoms with Crippen molar-refractivity contribution in [2.24, 2.45) is 4.99 Å². The number of ether oxygens (including phenoxy) is 2. The number of hydrogen-bond donors (Lipinski definition) is 0. The van der Waals surface area contributed by atoms with Crippen LogP contribution in [-0.2, 0) is 26.0 Å². The van der Waals surface area contributed by atoms with E-state index < -0.39 is 16.0 Å². The maximum Gasteiger partial charge on any atom is 0.339 e. The van der Waals surface area contributed by atoms with Crippen molar-refractivity contribution in [3.05, 3.63) is 64.7 Å². The van der Waals surface area contributed by atoms with E-state index in [0.717, 1.165) is 30.5 Å². The molecular weight excluding hydrogens is 516 g/mol. The molecule has 2 heterocycles. The summed E-state index contributed by atoms with van der Waals surface area (Å²) in [5, 5.41) is 0. The van der Waals surface area contributed by atoms with Gasteiger partial charge in [0.25, 0.3) is 0 Å². The summed E-state index contributed by atoms with van der Waals surface area (Å²) in [5.41, 5.74) is 3.40. The predicted octanol–water partition coefficient (Wildman–Crippen LogP) is 5.43. The number of sulfonamides is 1. The van der Waals surface area contributed by atoms with E-state index in [4.69, 9.17) is 14.5 Å². The van der Waals surface area contributed by atoms with Crippen molar-refractivity contribution in [3.63, 3.8) is 0 Å². The normalized spacial score (nSPS) is 18.2. The number of hydrogen-bond acceptors (Lipinski definition) is 7. The Balaban J connectivity index is 1.75. The van der Waals surface area contributed by atoms with Gasteiger partial charge in [0.05, 0.1) is 30.7 Å². The average molecular weight is 553 g/mol. The van der Waals surface area contributed by atoms with E-state index >= 15 is 0 Å². The maximum atomic E-state index is 13.7. The Morgan fingerprint density at radius 3 is 2.56 bits per heavy atom. The number of allylic oxidation sites excluding steroid dienone is 1. The molecule has 0 spiro atoms. The molecule has 0 aromatic heterocycles. The van der Waals surface area contributed by atoms with Gasteiger partial charge in [-0.05, 0) is 74.9 Å². The van der Waals surface area contributed by atoms with Gasteiger partial charge in [-0.3, -0.25) is 9.79 Å². The SMILES string of the molecule is CCOC(=O)C1=C(CC(=O)c2ccc(OC)c(S(=O)(=O)N3CCCCC3C)c2)Cc2ccccc2N=C1CC. The minimum Gasteiger partial charge on any atom is -0.495 e. The smallest absolute Gasteiger partial charge is 0.339 e. The second kappa shape index (κ2) is 12.3. The van der Waals surface area contributed by atoms with Crippen LogP contribution in [0.5, 0.6) is 5.75 Å². The molecule has 0 aliphatic carbocycles. The Labute approximate surface area is 230 Å². The highest BCUT2D eigenvalue weighted by Gasteiger charge is 2.34. The van der Waals surface area contributed by atoms with Crippen LogP contribution in [0.1, 0.15) is 68.8 Å². The van der Waals surface area contributed by atoms with Crippen molar-refractivity contribution >= 4 is 33.2 Å². The molecule has 1 unspecified atom stereocenters. The van der Waals surface area contributed by atoms with Crippen LogP contribution in [0.15, 0.2) is 63.5 Å². The van der Waals surface area contributed by atoms with Gasteiger partial charge < -0.3 is 9.47 Å². The number of aliphatic imine (C=N–C) groups is 1. The zero-order valence-electron chi connectivity index (χ0n) is 23.0. The largest absolute Gasteiger partial charge is 0.495 e. The quantitative estimate of drug-likeness (QED) is 0.304. The summed E-state index contributed by atoms with van der Waals surface area (Å²) in [6.07, 6.45) is 3.32. The van der Waals surface area contributed by atoms with Crippen molar-refractivity contribution in [3.8, 4) is 5.75 Å². The molecule has 1 atom stereocenters. The third-order valence-electron chi connectivity index (χ3n) is 7.30. The second-order valence-corrected chi connectivity index (χ2v) is 11.7. The number of Topliss-reactive ketones (excluding diaryl/α,β-unsaturated/α-hetero) is 1. The maximum absolute atomic E-state index is 13.7. The highest BCUT2D eigenvalue weighted by atomic mass is 32.2. The van der Waals surface area contributed by atoms with E-state index in [2.05, 4.69) is 0 Å². The predicted molar refractivity (Wildman–Crippen MR) is 150 cm³/mol. The lowest BCUT2D eigenvalue weighted by Crippen LogP contribution is -2.42. The van der Waals surface area contributed by atoms with Crippen LogP contribution in [0.2, 0.25) is 0 Å². The molecule has 208 valence electrons. The second-order valence-electron chi connectivity index (χ2n) is 9.84. The molecule has 1 fully saturated rings. The molecule has 0 bridgehead atoms. The fraction of sp³-hybridized carbons (Fsp3) is 0.433.